The Bertz CT molecular complexity index is 541. The van der Waals surface area contributed by atoms with Crippen molar-refractivity contribution >= 4 is 10.0 Å². The summed E-state index contributed by atoms with van der Waals surface area (Å²) < 4.78 is 26.5. The fourth-order valence-corrected chi connectivity index (χ4v) is 2.63. The lowest BCUT2D eigenvalue weighted by atomic mass is 10.2. The Balaban J connectivity index is 3.06. The van der Waals surface area contributed by atoms with Gasteiger partial charge in [-0.25, -0.2) is 13.1 Å². The zero-order chi connectivity index (χ0) is 13.4. The number of sulfonamides is 1. The second-order valence-corrected chi connectivity index (χ2v) is 5.40. The van der Waals surface area contributed by atoms with Crippen molar-refractivity contribution in [3.05, 3.63) is 29.8 Å². The molecule has 0 heterocycles. The van der Waals surface area contributed by atoms with Gasteiger partial charge in [0.15, 0.2) is 0 Å². The van der Waals surface area contributed by atoms with E-state index in [4.69, 9.17) is 5.11 Å². The fraction of sp³-hybridized carbons (Fsp3) is 0.385. The number of rotatable bonds is 5. The number of hydrogen-bond donors (Lipinski definition) is 2. The summed E-state index contributed by atoms with van der Waals surface area (Å²) >= 11 is 0. The van der Waals surface area contributed by atoms with E-state index >= 15 is 0 Å². The van der Waals surface area contributed by atoms with Crippen LogP contribution >= 0.6 is 0 Å². The molecule has 0 aliphatic rings. The first-order valence-corrected chi connectivity index (χ1v) is 7.28. The second kappa shape index (κ2) is 7.17. The molecule has 1 aromatic rings. The third-order valence-corrected chi connectivity index (χ3v) is 3.70. The first kappa shape index (κ1) is 14.7. The molecule has 0 saturated carbocycles. The lowest BCUT2D eigenvalue weighted by Crippen LogP contribution is -2.25. The van der Waals surface area contributed by atoms with E-state index in [9.17, 15) is 8.42 Å². The SMILES string of the molecule is CCCNS(=O)(=O)c1ccccc1C#CCCO. The van der Waals surface area contributed by atoms with Crippen LogP contribution in [0.3, 0.4) is 0 Å². The molecule has 4 nitrogen and oxygen atoms in total. The molecule has 0 radical (unpaired) electrons. The smallest absolute Gasteiger partial charge is 0.241 e. The van der Waals surface area contributed by atoms with Gasteiger partial charge >= 0.3 is 0 Å². The molecule has 18 heavy (non-hydrogen) atoms. The highest BCUT2D eigenvalue weighted by molar-refractivity contribution is 7.89. The van der Waals surface area contributed by atoms with Crippen molar-refractivity contribution in [1.29, 1.82) is 0 Å². The Labute approximate surface area is 108 Å². The van der Waals surface area contributed by atoms with Crippen LogP contribution in [-0.2, 0) is 10.0 Å². The summed E-state index contributed by atoms with van der Waals surface area (Å²) in [6, 6.07) is 6.59. The monoisotopic (exact) mass is 267 g/mol. The van der Waals surface area contributed by atoms with E-state index in [2.05, 4.69) is 16.6 Å². The maximum atomic E-state index is 12.0. The summed E-state index contributed by atoms with van der Waals surface area (Å²) in [6.45, 7) is 2.27. The van der Waals surface area contributed by atoms with Crippen LogP contribution in [0.2, 0.25) is 0 Å². The average Bonchev–Trinajstić information content (AvgIpc) is 2.37. The topological polar surface area (TPSA) is 66.4 Å². The third-order valence-electron chi connectivity index (χ3n) is 2.18. The second-order valence-electron chi connectivity index (χ2n) is 3.67. The van der Waals surface area contributed by atoms with E-state index in [0.29, 0.717) is 18.5 Å². The molecule has 0 saturated heterocycles. The van der Waals surface area contributed by atoms with Gasteiger partial charge in [-0.1, -0.05) is 30.9 Å². The quantitative estimate of drug-likeness (QED) is 0.785. The molecular weight excluding hydrogens is 250 g/mol. The predicted octanol–water partition coefficient (Wildman–Crippen LogP) is 1.11. The Morgan fingerprint density at radius 2 is 2.06 bits per heavy atom. The largest absolute Gasteiger partial charge is 0.395 e. The number of hydrogen-bond acceptors (Lipinski definition) is 3. The summed E-state index contributed by atoms with van der Waals surface area (Å²) in [4.78, 5) is 0.184. The van der Waals surface area contributed by atoms with Crippen LogP contribution < -0.4 is 4.72 Å². The molecule has 1 rings (SSSR count). The molecule has 0 aromatic heterocycles. The van der Waals surface area contributed by atoms with Crippen molar-refractivity contribution in [2.75, 3.05) is 13.2 Å². The van der Waals surface area contributed by atoms with Gasteiger partial charge in [0.2, 0.25) is 10.0 Å². The molecule has 0 amide bonds. The van der Waals surface area contributed by atoms with Crippen molar-refractivity contribution in [3.8, 4) is 11.8 Å². The molecule has 2 N–H and O–H groups in total. The molecule has 5 heteroatoms. The van der Waals surface area contributed by atoms with E-state index in [1.807, 2.05) is 6.92 Å². The van der Waals surface area contributed by atoms with E-state index in [0.717, 1.165) is 6.42 Å². The highest BCUT2D eigenvalue weighted by Gasteiger charge is 2.15. The van der Waals surface area contributed by atoms with Crippen molar-refractivity contribution in [1.82, 2.24) is 4.72 Å². The van der Waals surface area contributed by atoms with Crippen LogP contribution in [0.5, 0.6) is 0 Å². The minimum absolute atomic E-state index is 0.0317. The lowest BCUT2D eigenvalue weighted by Gasteiger charge is -2.07. The van der Waals surface area contributed by atoms with Crippen LogP contribution in [0.15, 0.2) is 29.2 Å². The Morgan fingerprint density at radius 1 is 1.33 bits per heavy atom. The first-order chi connectivity index (χ1) is 8.61. The van der Waals surface area contributed by atoms with Gasteiger partial charge in [0.05, 0.1) is 11.5 Å². The van der Waals surface area contributed by atoms with E-state index in [1.54, 1.807) is 18.2 Å². The summed E-state index contributed by atoms with van der Waals surface area (Å²) in [5.41, 5.74) is 0.453. The molecule has 0 atom stereocenters. The zero-order valence-corrected chi connectivity index (χ0v) is 11.1. The third kappa shape index (κ3) is 4.15. The molecule has 0 bridgehead atoms. The highest BCUT2D eigenvalue weighted by atomic mass is 32.2. The fourth-order valence-electron chi connectivity index (χ4n) is 1.33. The van der Waals surface area contributed by atoms with Crippen molar-refractivity contribution in [3.63, 3.8) is 0 Å². The van der Waals surface area contributed by atoms with Crippen LogP contribution in [0, 0.1) is 11.8 Å². The molecule has 0 unspecified atom stereocenters. The highest BCUT2D eigenvalue weighted by Crippen LogP contribution is 2.14. The van der Waals surface area contributed by atoms with Crippen LogP contribution in [0.4, 0.5) is 0 Å². The van der Waals surface area contributed by atoms with Crippen molar-refractivity contribution in [2.24, 2.45) is 0 Å². The average molecular weight is 267 g/mol. The first-order valence-electron chi connectivity index (χ1n) is 5.80. The van der Waals surface area contributed by atoms with Crippen LogP contribution in [-0.4, -0.2) is 26.7 Å². The molecule has 0 aliphatic carbocycles. The minimum atomic E-state index is -3.51. The summed E-state index contributed by atoms with van der Waals surface area (Å²) in [5, 5.41) is 8.66. The normalized spacial score (nSPS) is 10.8. The van der Waals surface area contributed by atoms with E-state index in [1.165, 1.54) is 6.07 Å². The van der Waals surface area contributed by atoms with Gasteiger partial charge in [0.25, 0.3) is 0 Å². The molecule has 1 aromatic carbocycles. The van der Waals surface area contributed by atoms with Crippen LogP contribution in [0.25, 0.3) is 0 Å². The van der Waals surface area contributed by atoms with Gasteiger partial charge in [-0.2, -0.15) is 0 Å². The molecule has 0 spiro atoms. The molecular formula is C13H17NO3S. The minimum Gasteiger partial charge on any atom is -0.395 e. The Kier molecular flexibility index (Phi) is 5.86. The van der Waals surface area contributed by atoms with Crippen LogP contribution in [0.1, 0.15) is 25.3 Å². The predicted molar refractivity (Wildman–Crippen MR) is 70.5 cm³/mol. The lowest BCUT2D eigenvalue weighted by molar-refractivity contribution is 0.305. The van der Waals surface area contributed by atoms with Gasteiger partial charge in [0.1, 0.15) is 0 Å². The number of benzene rings is 1. The Hall–Kier alpha value is -1.35. The summed E-state index contributed by atoms with van der Waals surface area (Å²) in [5.74, 6) is 5.50. The molecule has 0 fully saturated rings. The Morgan fingerprint density at radius 3 is 2.72 bits per heavy atom. The molecule has 0 aliphatic heterocycles. The number of nitrogens with one attached hydrogen (secondary N) is 1. The van der Waals surface area contributed by atoms with E-state index in [-0.39, 0.29) is 11.5 Å². The van der Waals surface area contributed by atoms with Gasteiger partial charge in [-0.15, -0.1) is 0 Å². The maximum Gasteiger partial charge on any atom is 0.241 e. The summed E-state index contributed by atoms with van der Waals surface area (Å²) in [6.07, 6.45) is 1.06. The van der Waals surface area contributed by atoms with Gasteiger partial charge < -0.3 is 5.11 Å². The van der Waals surface area contributed by atoms with E-state index < -0.39 is 10.0 Å². The van der Waals surface area contributed by atoms with Gasteiger partial charge in [-0.3, -0.25) is 0 Å². The standard InChI is InChI=1S/C13H17NO3S/c1-2-10-14-18(16,17)13-9-4-3-7-12(13)8-5-6-11-15/h3-4,7,9,14-15H,2,6,10-11H2,1H3. The zero-order valence-electron chi connectivity index (χ0n) is 10.3. The molecule has 98 valence electrons. The maximum absolute atomic E-state index is 12.0. The van der Waals surface area contributed by atoms with Crippen molar-refractivity contribution < 1.29 is 13.5 Å². The van der Waals surface area contributed by atoms with Gasteiger partial charge in [0, 0.05) is 18.5 Å². The van der Waals surface area contributed by atoms with Gasteiger partial charge in [-0.05, 0) is 18.6 Å². The number of aliphatic hydroxyl groups is 1. The number of aliphatic hydroxyl groups excluding tert-OH is 1. The van der Waals surface area contributed by atoms with Crippen molar-refractivity contribution in [2.45, 2.75) is 24.7 Å². The summed E-state index contributed by atoms with van der Waals surface area (Å²) in [7, 11) is -3.51.